The third kappa shape index (κ3) is 3.98. The van der Waals surface area contributed by atoms with E-state index in [9.17, 15) is 13.2 Å². The van der Waals surface area contributed by atoms with E-state index in [0.717, 1.165) is 25.4 Å². The lowest BCUT2D eigenvalue weighted by molar-refractivity contribution is -0.145. The molecule has 0 saturated carbocycles. The Bertz CT molecular complexity index is 343. The summed E-state index contributed by atoms with van der Waals surface area (Å²) in [5.74, 6) is -1.11. The van der Waals surface area contributed by atoms with E-state index in [1.165, 1.54) is 0 Å². The van der Waals surface area contributed by atoms with Gasteiger partial charge in [-0.3, -0.25) is 0 Å². The van der Waals surface area contributed by atoms with Gasteiger partial charge in [0.2, 0.25) is 5.82 Å². The number of nitrogens with zero attached hydrogens (tertiary/aromatic N) is 2. The highest BCUT2D eigenvalue weighted by Gasteiger charge is 2.34. The van der Waals surface area contributed by atoms with Crippen LogP contribution in [0.15, 0.2) is 18.5 Å². The Kier molecular flexibility index (Phi) is 4.42. The maximum atomic E-state index is 12.1. The van der Waals surface area contributed by atoms with Crippen LogP contribution in [0.25, 0.3) is 6.08 Å². The average molecular weight is 231 g/mol. The minimum absolute atomic E-state index is 0.559. The highest BCUT2D eigenvalue weighted by molar-refractivity contribution is 5.46. The Labute approximate surface area is 91.4 Å². The van der Waals surface area contributed by atoms with Crippen LogP contribution in [0, 0.1) is 0 Å². The predicted octanol–water partition coefficient (Wildman–Crippen LogP) is 2.12. The molecule has 0 aromatic carbocycles. The van der Waals surface area contributed by atoms with E-state index in [4.69, 9.17) is 0 Å². The fourth-order valence-corrected chi connectivity index (χ4v) is 1.02. The Morgan fingerprint density at radius 2 is 1.94 bits per heavy atom. The lowest BCUT2D eigenvalue weighted by Crippen LogP contribution is -2.10. The molecular formula is C10H12F3N3. The summed E-state index contributed by atoms with van der Waals surface area (Å²) in [4.78, 5) is 6.49. The SMILES string of the molecule is CNCCC=Cc1cnc(C(F)(F)F)nc1. The molecule has 1 rings (SSSR count). The van der Waals surface area contributed by atoms with Crippen molar-refractivity contribution in [3.8, 4) is 0 Å². The monoisotopic (exact) mass is 231 g/mol. The van der Waals surface area contributed by atoms with Gasteiger partial charge in [-0.15, -0.1) is 0 Å². The first-order chi connectivity index (χ1) is 7.54. The van der Waals surface area contributed by atoms with Crippen molar-refractivity contribution < 1.29 is 13.2 Å². The minimum atomic E-state index is -4.48. The molecule has 1 N–H and O–H groups in total. The highest BCUT2D eigenvalue weighted by Crippen LogP contribution is 2.25. The summed E-state index contributed by atoms with van der Waals surface area (Å²) >= 11 is 0. The summed E-state index contributed by atoms with van der Waals surface area (Å²) in [7, 11) is 1.83. The van der Waals surface area contributed by atoms with E-state index in [1.54, 1.807) is 6.08 Å². The average Bonchev–Trinajstić information content (AvgIpc) is 2.24. The molecular weight excluding hydrogens is 219 g/mol. The van der Waals surface area contributed by atoms with Gasteiger partial charge < -0.3 is 5.32 Å². The van der Waals surface area contributed by atoms with E-state index in [0.29, 0.717) is 5.56 Å². The third-order valence-corrected chi connectivity index (χ3v) is 1.80. The van der Waals surface area contributed by atoms with Crippen molar-refractivity contribution >= 4 is 6.08 Å². The fourth-order valence-electron chi connectivity index (χ4n) is 1.02. The van der Waals surface area contributed by atoms with Crippen molar-refractivity contribution in [2.45, 2.75) is 12.6 Å². The Morgan fingerprint density at radius 1 is 1.31 bits per heavy atom. The summed E-state index contributed by atoms with van der Waals surface area (Å²) in [6.07, 6.45) is 2.18. The molecule has 0 unspecified atom stereocenters. The van der Waals surface area contributed by atoms with Crippen molar-refractivity contribution in [3.05, 3.63) is 29.9 Å². The normalized spacial score (nSPS) is 12.2. The minimum Gasteiger partial charge on any atom is -0.319 e. The van der Waals surface area contributed by atoms with Gasteiger partial charge in [-0.05, 0) is 20.0 Å². The fraction of sp³-hybridized carbons (Fsp3) is 0.400. The van der Waals surface area contributed by atoms with Gasteiger partial charge in [0.05, 0.1) is 0 Å². The van der Waals surface area contributed by atoms with Gasteiger partial charge in [0.15, 0.2) is 0 Å². The van der Waals surface area contributed by atoms with E-state index >= 15 is 0 Å². The van der Waals surface area contributed by atoms with E-state index in [2.05, 4.69) is 15.3 Å². The molecule has 0 aliphatic carbocycles. The number of hydrogen-bond acceptors (Lipinski definition) is 3. The predicted molar refractivity (Wildman–Crippen MR) is 54.6 cm³/mol. The van der Waals surface area contributed by atoms with Gasteiger partial charge in [-0.2, -0.15) is 13.2 Å². The molecule has 0 saturated heterocycles. The zero-order chi connectivity index (χ0) is 12.0. The smallest absolute Gasteiger partial charge is 0.319 e. The van der Waals surface area contributed by atoms with Gasteiger partial charge in [-0.25, -0.2) is 9.97 Å². The highest BCUT2D eigenvalue weighted by atomic mass is 19.4. The number of halogens is 3. The summed E-state index contributed by atoms with van der Waals surface area (Å²) in [5, 5.41) is 2.95. The van der Waals surface area contributed by atoms with Gasteiger partial charge in [0, 0.05) is 18.0 Å². The first kappa shape index (κ1) is 12.6. The quantitative estimate of drug-likeness (QED) is 0.806. The molecule has 88 valence electrons. The Balaban J connectivity index is 2.61. The molecule has 1 aromatic rings. The molecule has 0 fully saturated rings. The lowest BCUT2D eigenvalue weighted by atomic mass is 10.3. The second-order valence-corrected chi connectivity index (χ2v) is 3.13. The van der Waals surface area contributed by atoms with Crippen molar-refractivity contribution in [2.24, 2.45) is 0 Å². The van der Waals surface area contributed by atoms with Gasteiger partial charge in [-0.1, -0.05) is 12.2 Å². The molecule has 6 heteroatoms. The van der Waals surface area contributed by atoms with Crippen molar-refractivity contribution in [2.75, 3.05) is 13.6 Å². The van der Waals surface area contributed by atoms with E-state index in [-0.39, 0.29) is 0 Å². The third-order valence-electron chi connectivity index (χ3n) is 1.80. The summed E-state index contributed by atoms with van der Waals surface area (Å²) in [6.45, 7) is 0.817. The second-order valence-electron chi connectivity index (χ2n) is 3.13. The topological polar surface area (TPSA) is 37.8 Å². The molecule has 0 spiro atoms. The van der Waals surface area contributed by atoms with Crippen LogP contribution in [-0.4, -0.2) is 23.6 Å². The molecule has 0 bridgehead atoms. The van der Waals surface area contributed by atoms with Crippen LogP contribution in [0.1, 0.15) is 17.8 Å². The summed E-state index contributed by atoms with van der Waals surface area (Å²) in [6, 6.07) is 0. The van der Waals surface area contributed by atoms with Crippen molar-refractivity contribution in [1.82, 2.24) is 15.3 Å². The number of alkyl halides is 3. The van der Waals surface area contributed by atoms with Crippen LogP contribution < -0.4 is 5.32 Å². The van der Waals surface area contributed by atoms with E-state index in [1.807, 2.05) is 13.1 Å². The van der Waals surface area contributed by atoms with Crippen LogP contribution in [0.3, 0.4) is 0 Å². The van der Waals surface area contributed by atoms with Crippen LogP contribution in [0.2, 0.25) is 0 Å². The molecule has 16 heavy (non-hydrogen) atoms. The van der Waals surface area contributed by atoms with Crippen molar-refractivity contribution in [3.63, 3.8) is 0 Å². The first-order valence-electron chi connectivity index (χ1n) is 4.74. The maximum absolute atomic E-state index is 12.1. The lowest BCUT2D eigenvalue weighted by Gasteiger charge is -2.03. The summed E-state index contributed by atoms with van der Waals surface area (Å²) in [5.41, 5.74) is 0.559. The maximum Gasteiger partial charge on any atom is 0.451 e. The number of aromatic nitrogens is 2. The standard InChI is InChI=1S/C10H12F3N3/c1-14-5-3-2-4-8-6-15-9(16-7-8)10(11,12)13/h2,4,6-7,14H,3,5H2,1H3. The van der Waals surface area contributed by atoms with Gasteiger partial charge >= 0.3 is 6.18 Å². The Morgan fingerprint density at radius 3 is 2.44 bits per heavy atom. The van der Waals surface area contributed by atoms with Gasteiger partial charge in [0.25, 0.3) is 0 Å². The first-order valence-corrected chi connectivity index (χ1v) is 4.74. The van der Waals surface area contributed by atoms with E-state index < -0.39 is 12.0 Å². The van der Waals surface area contributed by atoms with Gasteiger partial charge in [0.1, 0.15) is 0 Å². The summed E-state index contributed by atoms with van der Waals surface area (Å²) < 4.78 is 36.4. The molecule has 0 amide bonds. The molecule has 1 aromatic heterocycles. The van der Waals surface area contributed by atoms with Crippen molar-refractivity contribution in [1.29, 1.82) is 0 Å². The number of hydrogen-bond donors (Lipinski definition) is 1. The number of rotatable bonds is 4. The Hall–Kier alpha value is -1.43. The van der Waals surface area contributed by atoms with Crippen LogP contribution >= 0.6 is 0 Å². The zero-order valence-corrected chi connectivity index (χ0v) is 8.75. The molecule has 0 atom stereocenters. The molecule has 1 heterocycles. The second kappa shape index (κ2) is 5.60. The largest absolute Gasteiger partial charge is 0.451 e. The molecule has 3 nitrogen and oxygen atoms in total. The van der Waals surface area contributed by atoms with Crippen LogP contribution in [-0.2, 0) is 6.18 Å². The molecule has 0 aliphatic rings. The molecule has 0 aliphatic heterocycles. The number of nitrogens with one attached hydrogen (secondary N) is 1. The molecule has 0 radical (unpaired) electrons. The van der Waals surface area contributed by atoms with Crippen LogP contribution in [0.5, 0.6) is 0 Å². The van der Waals surface area contributed by atoms with Crippen LogP contribution in [0.4, 0.5) is 13.2 Å². The zero-order valence-electron chi connectivity index (χ0n) is 8.75.